The third kappa shape index (κ3) is 1.66. The van der Waals surface area contributed by atoms with Crippen molar-refractivity contribution >= 4 is 15.9 Å². The lowest BCUT2D eigenvalue weighted by molar-refractivity contribution is -0.155. The molecular weight excluding hydrogens is 259 g/mol. The molecule has 0 aliphatic carbocycles. The van der Waals surface area contributed by atoms with Crippen LogP contribution < -0.4 is 5.32 Å². The Morgan fingerprint density at radius 1 is 1.36 bits per heavy atom. The molecular formula is C9H7BrF3N. The van der Waals surface area contributed by atoms with Crippen LogP contribution in [0.1, 0.15) is 17.2 Å². The van der Waals surface area contributed by atoms with E-state index in [0.717, 1.165) is 5.56 Å². The molecule has 1 N–H and O–H groups in total. The van der Waals surface area contributed by atoms with Gasteiger partial charge in [0.1, 0.15) is 6.04 Å². The molecule has 0 aromatic heterocycles. The van der Waals surface area contributed by atoms with Crippen molar-refractivity contribution in [2.24, 2.45) is 0 Å². The van der Waals surface area contributed by atoms with Crippen LogP contribution in [-0.4, -0.2) is 6.18 Å². The zero-order valence-corrected chi connectivity index (χ0v) is 8.61. The summed E-state index contributed by atoms with van der Waals surface area (Å²) in [7, 11) is 0. The average molecular weight is 266 g/mol. The topological polar surface area (TPSA) is 12.0 Å². The average Bonchev–Trinajstić information content (AvgIpc) is 2.45. The summed E-state index contributed by atoms with van der Waals surface area (Å²) >= 11 is 3.16. The standard InChI is InChI=1S/C9H7BrF3N/c10-6-2-1-5-4-14-8(7(5)3-6)9(11,12)13/h1-3,8,14H,4H2. The zero-order valence-electron chi connectivity index (χ0n) is 7.03. The second-order valence-electron chi connectivity index (χ2n) is 3.20. The van der Waals surface area contributed by atoms with Gasteiger partial charge in [0.05, 0.1) is 0 Å². The van der Waals surface area contributed by atoms with Gasteiger partial charge in [-0.2, -0.15) is 13.2 Å². The monoisotopic (exact) mass is 265 g/mol. The van der Waals surface area contributed by atoms with Crippen molar-refractivity contribution in [3.63, 3.8) is 0 Å². The van der Waals surface area contributed by atoms with Gasteiger partial charge in [0, 0.05) is 11.0 Å². The summed E-state index contributed by atoms with van der Waals surface area (Å²) in [4.78, 5) is 0. The first-order valence-corrected chi connectivity index (χ1v) is 4.86. The molecule has 1 aliphatic heterocycles. The summed E-state index contributed by atoms with van der Waals surface area (Å²) in [6.07, 6.45) is -4.22. The predicted octanol–water partition coefficient (Wildman–Crippen LogP) is 3.16. The Labute approximate surface area is 87.4 Å². The molecule has 14 heavy (non-hydrogen) atoms. The third-order valence-electron chi connectivity index (χ3n) is 2.24. The molecule has 0 amide bonds. The van der Waals surface area contributed by atoms with Gasteiger partial charge in [-0.25, -0.2) is 0 Å². The minimum atomic E-state index is -4.22. The molecule has 0 saturated heterocycles. The third-order valence-corrected chi connectivity index (χ3v) is 2.74. The number of fused-ring (bicyclic) bond motifs is 1. The van der Waals surface area contributed by atoms with Crippen LogP contribution in [0.3, 0.4) is 0 Å². The Kier molecular flexibility index (Phi) is 2.31. The highest BCUT2D eigenvalue weighted by Crippen LogP contribution is 2.39. The van der Waals surface area contributed by atoms with E-state index < -0.39 is 12.2 Å². The van der Waals surface area contributed by atoms with Crippen LogP contribution in [-0.2, 0) is 6.54 Å². The molecule has 1 nitrogen and oxygen atoms in total. The van der Waals surface area contributed by atoms with Crippen LogP contribution in [0.25, 0.3) is 0 Å². The van der Waals surface area contributed by atoms with Gasteiger partial charge in [-0.3, -0.25) is 5.32 Å². The molecule has 1 aromatic rings. The van der Waals surface area contributed by atoms with E-state index >= 15 is 0 Å². The van der Waals surface area contributed by atoms with Crippen molar-refractivity contribution in [1.29, 1.82) is 0 Å². The number of halogens is 4. The fourth-order valence-corrected chi connectivity index (χ4v) is 1.99. The van der Waals surface area contributed by atoms with Crippen molar-refractivity contribution in [2.45, 2.75) is 18.8 Å². The van der Waals surface area contributed by atoms with Crippen molar-refractivity contribution in [2.75, 3.05) is 0 Å². The Hall–Kier alpha value is -0.550. The van der Waals surface area contributed by atoms with Gasteiger partial charge in [-0.05, 0) is 23.3 Å². The van der Waals surface area contributed by atoms with Gasteiger partial charge in [0.2, 0.25) is 0 Å². The molecule has 1 aliphatic rings. The quantitative estimate of drug-likeness (QED) is 0.760. The lowest BCUT2D eigenvalue weighted by Gasteiger charge is -2.15. The minimum Gasteiger partial charge on any atom is -0.298 e. The molecule has 0 saturated carbocycles. The van der Waals surface area contributed by atoms with E-state index in [1.807, 2.05) is 0 Å². The fraction of sp³-hybridized carbons (Fsp3) is 0.333. The van der Waals surface area contributed by atoms with Crippen LogP contribution in [0.4, 0.5) is 13.2 Å². The summed E-state index contributed by atoms with van der Waals surface area (Å²) in [5, 5.41) is 2.44. The maximum absolute atomic E-state index is 12.5. The molecule has 0 radical (unpaired) electrons. The molecule has 5 heteroatoms. The highest BCUT2D eigenvalue weighted by atomic mass is 79.9. The number of hydrogen-bond donors (Lipinski definition) is 1. The largest absolute Gasteiger partial charge is 0.407 e. The highest BCUT2D eigenvalue weighted by molar-refractivity contribution is 9.10. The van der Waals surface area contributed by atoms with E-state index in [2.05, 4.69) is 21.2 Å². The minimum absolute atomic E-state index is 0.285. The number of rotatable bonds is 0. The van der Waals surface area contributed by atoms with Crippen LogP contribution in [0.5, 0.6) is 0 Å². The Balaban J connectivity index is 2.43. The van der Waals surface area contributed by atoms with Gasteiger partial charge < -0.3 is 0 Å². The normalized spacial score (nSPS) is 21.0. The maximum atomic E-state index is 12.5. The number of nitrogens with one attached hydrogen (secondary N) is 1. The molecule has 1 unspecified atom stereocenters. The lowest BCUT2D eigenvalue weighted by Crippen LogP contribution is -2.28. The summed E-state index contributed by atoms with van der Waals surface area (Å²) in [6, 6.07) is 3.46. The summed E-state index contributed by atoms with van der Waals surface area (Å²) in [5.74, 6) is 0. The number of hydrogen-bond acceptors (Lipinski definition) is 1. The van der Waals surface area contributed by atoms with E-state index in [4.69, 9.17) is 0 Å². The highest BCUT2D eigenvalue weighted by Gasteiger charge is 2.44. The predicted molar refractivity (Wildman–Crippen MR) is 49.8 cm³/mol. The fourth-order valence-electron chi connectivity index (χ4n) is 1.61. The Morgan fingerprint density at radius 2 is 2.07 bits per heavy atom. The molecule has 76 valence electrons. The molecule has 1 heterocycles. The maximum Gasteiger partial charge on any atom is 0.407 e. The van der Waals surface area contributed by atoms with Crippen LogP contribution in [0.2, 0.25) is 0 Å². The molecule has 0 spiro atoms. The van der Waals surface area contributed by atoms with E-state index in [1.165, 1.54) is 6.07 Å². The zero-order chi connectivity index (χ0) is 10.3. The first-order valence-electron chi connectivity index (χ1n) is 4.07. The van der Waals surface area contributed by atoms with Gasteiger partial charge in [0.15, 0.2) is 0 Å². The smallest absolute Gasteiger partial charge is 0.298 e. The van der Waals surface area contributed by atoms with Crippen LogP contribution in [0.15, 0.2) is 22.7 Å². The van der Waals surface area contributed by atoms with Crippen molar-refractivity contribution < 1.29 is 13.2 Å². The first kappa shape index (κ1) is 9.98. The molecule has 0 bridgehead atoms. The van der Waals surface area contributed by atoms with Crippen LogP contribution >= 0.6 is 15.9 Å². The van der Waals surface area contributed by atoms with E-state index in [1.54, 1.807) is 12.1 Å². The second-order valence-corrected chi connectivity index (χ2v) is 4.11. The molecule has 2 rings (SSSR count). The van der Waals surface area contributed by atoms with E-state index in [9.17, 15) is 13.2 Å². The Bertz CT molecular complexity index is 362. The summed E-state index contributed by atoms with van der Waals surface area (Å²) < 4.78 is 38.2. The summed E-state index contributed by atoms with van der Waals surface area (Å²) in [6.45, 7) is 0.285. The molecule has 0 fully saturated rings. The first-order chi connectivity index (χ1) is 6.48. The van der Waals surface area contributed by atoms with Crippen LogP contribution in [0, 0.1) is 0 Å². The van der Waals surface area contributed by atoms with Gasteiger partial charge >= 0.3 is 6.18 Å². The van der Waals surface area contributed by atoms with E-state index in [-0.39, 0.29) is 6.54 Å². The van der Waals surface area contributed by atoms with E-state index in [0.29, 0.717) is 10.0 Å². The van der Waals surface area contributed by atoms with Gasteiger partial charge in [0.25, 0.3) is 0 Å². The molecule has 1 atom stereocenters. The van der Waals surface area contributed by atoms with Gasteiger partial charge in [-0.15, -0.1) is 0 Å². The summed E-state index contributed by atoms with van der Waals surface area (Å²) in [5.41, 5.74) is 1.04. The number of benzene rings is 1. The lowest BCUT2D eigenvalue weighted by atomic mass is 10.1. The number of alkyl halides is 3. The van der Waals surface area contributed by atoms with Crippen molar-refractivity contribution in [3.05, 3.63) is 33.8 Å². The molecule has 1 aromatic carbocycles. The SMILES string of the molecule is FC(F)(F)C1NCc2ccc(Br)cc21. The second kappa shape index (κ2) is 3.24. The van der Waals surface area contributed by atoms with Crippen molar-refractivity contribution in [1.82, 2.24) is 5.32 Å². The van der Waals surface area contributed by atoms with Crippen molar-refractivity contribution in [3.8, 4) is 0 Å². The van der Waals surface area contributed by atoms with Gasteiger partial charge in [-0.1, -0.05) is 22.0 Å². The Morgan fingerprint density at radius 3 is 2.71 bits per heavy atom.